The summed E-state index contributed by atoms with van der Waals surface area (Å²) in [5.41, 5.74) is 1.49. The van der Waals surface area contributed by atoms with Crippen LogP contribution < -0.4 is 4.74 Å². The van der Waals surface area contributed by atoms with Crippen molar-refractivity contribution < 1.29 is 14.3 Å². The number of hydrogen-bond acceptors (Lipinski definition) is 3. The summed E-state index contributed by atoms with van der Waals surface area (Å²) >= 11 is 0. The molecule has 19 heavy (non-hydrogen) atoms. The minimum Gasteiger partial charge on any atom is -0.497 e. The van der Waals surface area contributed by atoms with Crippen LogP contribution in [0.5, 0.6) is 5.75 Å². The summed E-state index contributed by atoms with van der Waals surface area (Å²) in [6.45, 7) is 1.85. The van der Waals surface area contributed by atoms with Gasteiger partial charge < -0.3 is 9.47 Å². The van der Waals surface area contributed by atoms with Crippen molar-refractivity contribution in [3.63, 3.8) is 0 Å². The summed E-state index contributed by atoms with van der Waals surface area (Å²) < 4.78 is 10.5. The Balaban J connectivity index is 2.04. The highest BCUT2D eigenvalue weighted by Gasteiger charge is 2.13. The molecule has 0 amide bonds. The molecule has 0 aromatic heterocycles. The summed E-state index contributed by atoms with van der Waals surface area (Å²) in [6.07, 6.45) is -0.293. The normalized spacial score (nSPS) is 11.7. The first-order valence-electron chi connectivity index (χ1n) is 6.10. The van der Waals surface area contributed by atoms with Gasteiger partial charge in [-0.25, -0.2) is 4.79 Å². The van der Waals surface area contributed by atoms with Crippen LogP contribution in [0.2, 0.25) is 0 Å². The van der Waals surface area contributed by atoms with Crippen LogP contribution in [0, 0.1) is 0 Å². The number of ether oxygens (including phenoxy) is 2. The van der Waals surface area contributed by atoms with E-state index in [4.69, 9.17) is 9.47 Å². The zero-order valence-electron chi connectivity index (χ0n) is 11.0. The number of hydrogen-bond donors (Lipinski definition) is 0. The Morgan fingerprint density at radius 3 is 2.21 bits per heavy atom. The third-order valence-electron chi connectivity index (χ3n) is 2.88. The SMILES string of the molecule is COc1ccc([C@@H](C)OC(=O)c2ccccc2)cc1. The summed E-state index contributed by atoms with van der Waals surface area (Å²) in [6, 6.07) is 16.5. The topological polar surface area (TPSA) is 35.5 Å². The lowest BCUT2D eigenvalue weighted by Crippen LogP contribution is -2.09. The van der Waals surface area contributed by atoms with Crippen molar-refractivity contribution in [3.05, 3.63) is 65.7 Å². The molecule has 0 fully saturated rings. The van der Waals surface area contributed by atoms with Crippen molar-refractivity contribution in [3.8, 4) is 5.75 Å². The number of carbonyl (C=O) groups excluding carboxylic acids is 1. The third kappa shape index (κ3) is 3.35. The van der Waals surface area contributed by atoms with Gasteiger partial charge in [-0.05, 0) is 36.8 Å². The number of carbonyl (C=O) groups is 1. The first kappa shape index (κ1) is 13.1. The Morgan fingerprint density at radius 2 is 1.63 bits per heavy atom. The van der Waals surface area contributed by atoms with Crippen molar-refractivity contribution in [1.82, 2.24) is 0 Å². The van der Waals surface area contributed by atoms with Crippen molar-refractivity contribution in [2.45, 2.75) is 13.0 Å². The summed E-state index contributed by atoms with van der Waals surface area (Å²) in [7, 11) is 1.62. The van der Waals surface area contributed by atoms with Gasteiger partial charge in [-0.1, -0.05) is 30.3 Å². The maximum Gasteiger partial charge on any atom is 0.338 e. The molecular weight excluding hydrogens is 240 g/mol. The summed E-state index contributed by atoms with van der Waals surface area (Å²) in [4.78, 5) is 11.9. The average Bonchev–Trinajstić information content (AvgIpc) is 2.48. The predicted octanol–water partition coefficient (Wildman–Crippen LogP) is 3.61. The maximum atomic E-state index is 11.9. The van der Waals surface area contributed by atoms with E-state index in [2.05, 4.69) is 0 Å². The second kappa shape index (κ2) is 6.05. The molecule has 2 aromatic rings. The minimum atomic E-state index is -0.316. The quantitative estimate of drug-likeness (QED) is 0.784. The van der Waals surface area contributed by atoms with E-state index in [1.54, 1.807) is 19.2 Å². The second-order valence-electron chi connectivity index (χ2n) is 4.19. The van der Waals surface area contributed by atoms with Gasteiger partial charge in [0.25, 0.3) is 0 Å². The van der Waals surface area contributed by atoms with Crippen LogP contribution >= 0.6 is 0 Å². The highest BCUT2D eigenvalue weighted by atomic mass is 16.5. The van der Waals surface area contributed by atoms with Gasteiger partial charge in [0.1, 0.15) is 11.9 Å². The molecule has 0 heterocycles. The standard InChI is InChI=1S/C16H16O3/c1-12(13-8-10-15(18-2)11-9-13)19-16(17)14-6-4-3-5-7-14/h3-12H,1-2H3/t12-/m1/s1. The lowest BCUT2D eigenvalue weighted by molar-refractivity contribution is 0.0338. The molecule has 2 aromatic carbocycles. The number of esters is 1. The van der Waals surface area contributed by atoms with E-state index in [1.807, 2.05) is 49.4 Å². The summed E-state index contributed by atoms with van der Waals surface area (Å²) in [5.74, 6) is 0.467. The zero-order chi connectivity index (χ0) is 13.7. The van der Waals surface area contributed by atoms with Gasteiger partial charge in [-0.15, -0.1) is 0 Å². The molecule has 0 aliphatic heterocycles. The molecule has 3 heteroatoms. The molecule has 0 N–H and O–H groups in total. The van der Waals surface area contributed by atoms with E-state index in [9.17, 15) is 4.79 Å². The molecule has 0 spiro atoms. The van der Waals surface area contributed by atoms with Gasteiger partial charge in [0.05, 0.1) is 12.7 Å². The first-order chi connectivity index (χ1) is 9.20. The van der Waals surface area contributed by atoms with E-state index < -0.39 is 0 Å². The van der Waals surface area contributed by atoms with Gasteiger partial charge in [0, 0.05) is 0 Å². The molecule has 2 rings (SSSR count). The van der Waals surface area contributed by atoms with E-state index in [0.717, 1.165) is 11.3 Å². The highest BCUT2D eigenvalue weighted by Crippen LogP contribution is 2.21. The van der Waals surface area contributed by atoms with Gasteiger partial charge >= 0.3 is 5.97 Å². The minimum absolute atomic E-state index is 0.293. The molecule has 0 aliphatic carbocycles. The largest absolute Gasteiger partial charge is 0.497 e. The van der Waals surface area contributed by atoms with Crippen molar-refractivity contribution in [2.24, 2.45) is 0 Å². The van der Waals surface area contributed by atoms with Crippen LogP contribution in [0.4, 0.5) is 0 Å². The van der Waals surface area contributed by atoms with E-state index >= 15 is 0 Å². The fourth-order valence-corrected chi connectivity index (χ4v) is 1.75. The molecule has 0 bridgehead atoms. The molecular formula is C16H16O3. The van der Waals surface area contributed by atoms with E-state index in [-0.39, 0.29) is 12.1 Å². The van der Waals surface area contributed by atoms with Crippen LogP contribution in [0.3, 0.4) is 0 Å². The highest BCUT2D eigenvalue weighted by molar-refractivity contribution is 5.89. The number of methoxy groups -OCH3 is 1. The fourth-order valence-electron chi connectivity index (χ4n) is 1.75. The van der Waals surface area contributed by atoms with Gasteiger partial charge in [0.2, 0.25) is 0 Å². The van der Waals surface area contributed by atoms with Crippen molar-refractivity contribution in [1.29, 1.82) is 0 Å². The first-order valence-corrected chi connectivity index (χ1v) is 6.10. The molecule has 1 atom stereocenters. The fraction of sp³-hybridized carbons (Fsp3) is 0.188. The van der Waals surface area contributed by atoms with Crippen molar-refractivity contribution in [2.75, 3.05) is 7.11 Å². The average molecular weight is 256 g/mol. The van der Waals surface area contributed by atoms with Crippen LogP contribution in [0.1, 0.15) is 28.9 Å². The van der Waals surface area contributed by atoms with Crippen molar-refractivity contribution >= 4 is 5.97 Å². The molecule has 0 saturated carbocycles. The second-order valence-corrected chi connectivity index (χ2v) is 4.19. The maximum absolute atomic E-state index is 11.9. The van der Waals surface area contributed by atoms with E-state index in [1.165, 1.54) is 0 Å². The molecule has 0 radical (unpaired) electrons. The van der Waals surface area contributed by atoms with Gasteiger partial charge in [-0.3, -0.25) is 0 Å². The molecule has 98 valence electrons. The molecule has 0 unspecified atom stereocenters. The molecule has 3 nitrogen and oxygen atoms in total. The Kier molecular flexibility index (Phi) is 4.18. The van der Waals surface area contributed by atoms with Crippen LogP contribution in [-0.4, -0.2) is 13.1 Å². The van der Waals surface area contributed by atoms with Crippen LogP contribution in [0.15, 0.2) is 54.6 Å². The van der Waals surface area contributed by atoms with Crippen LogP contribution in [0.25, 0.3) is 0 Å². The molecule has 0 aliphatic rings. The Labute approximate surface area is 112 Å². The lowest BCUT2D eigenvalue weighted by Gasteiger charge is -2.14. The monoisotopic (exact) mass is 256 g/mol. The van der Waals surface area contributed by atoms with Crippen LogP contribution in [-0.2, 0) is 4.74 Å². The van der Waals surface area contributed by atoms with Gasteiger partial charge in [-0.2, -0.15) is 0 Å². The Bertz CT molecular complexity index is 532. The number of rotatable bonds is 4. The van der Waals surface area contributed by atoms with E-state index in [0.29, 0.717) is 5.56 Å². The lowest BCUT2D eigenvalue weighted by atomic mass is 10.1. The zero-order valence-corrected chi connectivity index (χ0v) is 11.0. The molecule has 0 saturated heterocycles. The Morgan fingerprint density at radius 1 is 1.00 bits per heavy atom. The Hall–Kier alpha value is -2.29. The summed E-state index contributed by atoms with van der Waals surface area (Å²) in [5, 5.41) is 0. The third-order valence-corrected chi connectivity index (χ3v) is 2.88. The predicted molar refractivity (Wildman–Crippen MR) is 73.3 cm³/mol. The van der Waals surface area contributed by atoms with Gasteiger partial charge in [0.15, 0.2) is 0 Å². The number of benzene rings is 2. The smallest absolute Gasteiger partial charge is 0.338 e.